The van der Waals surface area contributed by atoms with E-state index >= 15 is 0 Å². The molecule has 0 unspecified atom stereocenters. The summed E-state index contributed by atoms with van der Waals surface area (Å²) in [5, 5.41) is 10.7. The Bertz CT molecular complexity index is 1040. The molecule has 0 aliphatic heterocycles. The molecule has 0 saturated carbocycles. The predicted octanol–water partition coefficient (Wildman–Crippen LogP) is 2.86. The van der Waals surface area contributed by atoms with Gasteiger partial charge in [-0.2, -0.15) is 0 Å². The lowest BCUT2D eigenvalue weighted by molar-refractivity contribution is -0.122. The monoisotopic (exact) mass is 420 g/mol. The first kappa shape index (κ1) is 22.4. The molecular weight excluding hydrogens is 392 g/mol. The standard InChI is InChI=1S/C24H28N4O3/c1-16-8-7-11-18(12-16)14-20-27-28-23(31-20)21(29)24(2,3)15-26-22(30)19(25)13-17-9-5-4-6-10-17/h4-12,19H,13-15,25H2,1-3H3,(H,26,30)/t19-/m0/s1. The summed E-state index contributed by atoms with van der Waals surface area (Å²) in [6, 6.07) is 16.8. The topological polar surface area (TPSA) is 111 Å². The lowest BCUT2D eigenvalue weighted by Crippen LogP contribution is -2.46. The van der Waals surface area contributed by atoms with Gasteiger partial charge < -0.3 is 15.5 Å². The number of ketones is 1. The molecule has 0 saturated heterocycles. The van der Waals surface area contributed by atoms with E-state index < -0.39 is 11.5 Å². The summed E-state index contributed by atoms with van der Waals surface area (Å²) in [7, 11) is 0. The fourth-order valence-electron chi connectivity index (χ4n) is 3.18. The van der Waals surface area contributed by atoms with E-state index in [0.717, 1.165) is 16.7 Å². The molecule has 2 aromatic carbocycles. The molecule has 3 aromatic rings. The van der Waals surface area contributed by atoms with E-state index in [-0.39, 0.29) is 24.1 Å². The van der Waals surface area contributed by atoms with Crippen LogP contribution in [0.4, 0.5) is 0 Å². The van der Waals surface area contributed by atoms with Crippen LogP contribution in [-0.4, -0.2) is 34.5 Å². The number of nitrogens with one attached hydrogen (secondary N) is 1. The van der Waals surface area contributed by atoms with Crippen LogP contribution in [0.5, 0.6) is 0 Å². The minimum absolute atomic E-state index is 0.0597. The van der Waals surface area contributed by atoms with E-state index in [1.165, 1.54) is 0 Å². The van der Waals surface area contributed by atoms with E-state index in [9.17, 15) is 9.59 Å². The summed E-state index contributed by atoms with van der Waals surface area (Å²) in [4.78, 5) is 25.3. The lowest BCUT2D eigenvalue weighted by Gasteiger charge is -2.22. The van der Waals surface area contributed by atoms with Crippen molar-refractivity contribution in [3.05, 3.63) is 83.1 Å². The van der Waals surface area contributed by atoms with Crippen LogP contribution in [-0.2, 0) is 17.6 Å². The molecule has 162 valence electrons. The maximum absolute atomic E-state index is 12.9. The number of carbonyl (C=O) groups excluding carboxylic acids is 2. The van der Waals surface area contributed by atoms with E-state index in [2.05, 4.69) is 15.5 Å². The quantitative estimate of drug-likeness (QED) is 0.515. The second kappa shape index (κ2) is 9.66. The molecule has 0 fully saturated rings. The van der Waals surface area contributed by atoms with Crippen LogP contribution in [0.15, 0.2) is 59.0 Å². The highest BCUT2D eigenvalue weighted by Crippen LogP contribution is 2.21. The van der Waals surface area contributed by atoms with Crippen molar-refractivity contribution >= 4 is 11.7 Å². The Balaban J connectivity index is 1.56. The first-order valence-electron chi connectivity index (χ1n) is 10.2. The summed E-state index contributed by atoms with van der Waals surface area (Å²) in [6.07, 6.45) is 0.875. The largest absolute Gasteiger partial charge is 0.418 e. The van der Waals surface area contributed by atoms with Crippen molar-refractivity contribution in [2.45, 2.75) is 39.7 Å². The van der Waals surface area contributed by atoms with Crippen LogP contribution < -0.4 is 11.1 Å². The average Bonchev–Trinajstić information content (AvgIpc) is 3.20. The second-order valence-corrected chi connectivity index (χ2v) is 8.39. The van der Waals surface area contributed by atoms with E-state index in [1.807, 2.05) is 61.5 Å². The Morgan fingerprint density at radius 3 is 2.48 bits per heavy atom. The number of aromatic nitrogens is 2. The third-order valence-corrected chi connectivity index (χ3v) is 5.05. The van der Waals surface area contributed by atoms with Gasteiger partial charge in [0.1, 0.15) is 0 Å². The lowest BCUT2D eigenvalue weighted by atomic mass is 9.87. The van der Waals surface area contributed by atoms with Crippen LogP contribution in [0.25, 0.3) is 0 Å². The first-order valence-corrected chi connectivity index (χ1v) is 10.2. The van der Waals surface area contributed by atoms with Crippen molar-refractivity contribution < 1.29 is 14.0 Å². The van der Waals surface area contributed by atoms with Gasteiger partial charge in [0.2, 0.25) is 17.6 Å². The van der Waals surface area contributed by atoms with Crippen molar-refractivity contribution in [1.29, 1.82) is 0 Å². The number of nitrogens with two attached hydrogens (primary N) is 1. The third kappa shape index (κ3) is 6.08. The maximum atomic E-state index is 12.9. The zero-order valence-electron chi connectivity index (χ0n) is 18.1. The molecule has 0 bridgehead atoms. The number of hydrogen-bond donors (Lipinski definition) is 2. The normalized spacial score (nSPS) is 12.4. The van der Waals surface area contributed by atoms with Gasteiger partial charge in [0.15, 0.2) is 0 Å². The zero-order valence-corrected chi connectivity index (χ0v) is 18.1. The number of aryl methyl sites for hydroxylation is 1. The minimum atomic E-state index is -0.921. The van der Waals surface area contributed by atoms with Crippen LogP contribution in [0.3, 0.4) is 0 Å². The SMILES string of the molecule is Cc1cccc(Cc2nnc(C(=O)C(C)(C)CNC(=O)[C@@H](N)Cc3ccccc3)o2)c1. The summed E-state index contributed by atoms with van der Waals surface area (Å²) in [5.74, 6) is -0.322. The molecule has 0 aliphatic rings. The molecule has 7 nitrogen and oxygen atoms in total. The first-order chi connectivity index (χ1) is 14.7. The van der Waals surface area contributed by atoms with Gasteiger partial charge in [-0.05, 0) is 24.5 Å². The smallest absolute Gasteiger partial charge is 0.284 e. The molecule has 3 N–H and O–H groups in total. The van der Waals surface area contributed by atoms with Gasteiger partial charge in [0.05, 0.1) is 17.9 Å². The molecule has 0 radical (unpaired) electrons. The minimum Gasteiger partial charge on any atom is -0.418 e. The number of Topliss-reactive ketones (excluding diaryl/α,β-unsaturated/α-hetero) is 1. The van der Waals surface area contributed by atoms with Crippen molar-refractivity contribution in [2.75, 3.05) is 6.54 Å². The van der Waals surface area contributed by atoms with E-state index in [1.54, 1.807) is 13.8 Å². The highest BCUT2D eigenvalue weighted by molar-refractivity contribution is 5.96. The van der Waals surface area contributed by atoms with Crippen molar-refractivity contribution in [3.8, 4) is 0 Å². The number of benzene rings is 2. The number of hydrogen-bond acceptors (Lipinski definition) is 6. The van der Waals surface area contributed by atoms with E-state index in [4.69, 9.17) is 10.2 Å². The van der Waals surface area contributed by atoms with Gasteiger partial charge >= 0.3 is 0 Å². The van der Waals surface area contributed by atoms with Crippen molar-refractivity contribution in [1.82, 2.24) is 15.5 Å². The van der Waals surface area contributed by atoms with Gasteiger partial charge in [-0.1, -0.05) is 74.0 Å². The molecule has 1 heterocycles. The Labute approximate surface area is 182 Å². The van der Waals surface area contributed by atoms with Crippen molar-refractivity contribution in [2.24, 2.45) is 11.1 Å². The number of nitrogens with zero attached hydrogens (tertiary/aromatic N) is 2. The molecule has 31 heavy (non-hydrogen) atoms. The second-order valence-electron chi connectivity index (χ2n) is 8.39. The van der Waals surface area contributed by atoms with E-state index in [0.29, 0.717) is 18.7 Å². The molecule has 1 aromatic heterocycles. The summed E-state index contributed by atoms with van der Waals surface area (Å²) in [5.41, 5.74) is 8.24. The van der Waals surface area contributed by atoms with Gasteiger partial charge in [0.25, 0.3) is 5.89 Å². The number of amides is 1. The average molecular weight is 421 g/mol. The molecule has 0 spiro atoms. The maximum Gasteiger partial charge on any atom is 0.284 e. The van der Waals surface area contributed by atoms with Crippen LogP contribution in [0, 0.1) is 12.3 Å². The Hall–Kier alpha value is -3.32. The van der Waals surface area contributed by atoms with Crippen LogP contribution in [0.1, 0.15) is 47.1 Å². The van der Waals surface area contributed by atoms with Crippen molar-refractivity contribution in [3.63, 3.8) is 0 Å². The summed E-state index contributed by atoms with van der Waals surface area (Å²) < 4.78 is 5.60. The Morgan fingerprint density at radius 2 is 1.77 bits per heavy atom. The predicted molar refractivity (Wildman–Crippen MR) is 118 cm³/mol. The number of carbonyl (C=O) groups is 2. The van der Waals surface area contributed by atoms with Gasteiger partial charge in [0, 0.05) is 6.54 Å². The molecular formula is C24H28N4O3. The van der Waals surface area contributed by atoms with Gasteiger partial charge in [-0.3, -0.25) is 9.59 Å². The summed E-state index contributed by atoms with van der Waals surface area (Å²) >= 11 is 0. The molecule has 3 rings (SSSR count). The van der Waals surface area contributed by atoms with Gasteiger partial charge in [-0.15, -0.1) is 10.2 Å². The third-order valence-electron chi connectivity index (χ3n) is 5.05. The summed E-state index contributed by atoms with van der Waals surface area (Å²) in [6.45, 7) is 5.57. The Morgan fingerprint density at radius 1 is 1.06 bits per heavy atom. The number of rotatable bonds is 9. The highest BCUT2D eigenvalue weighted by atomic mass is 16.4. The molecule has 7 heteroatoms. The van der Waals surface area contributed by atoms with Gasteiger partial charge in [-0.25, -0.2) is 0 Å². The van der Waals surface area contributed by atoms with Crippen LogP contribution >= 0.6 is 0 Å². The fourth-order valence-corrected chi connectivity index (χ4v) is 3.18. The van der Waals surface area contributed by atoms with Crippen LogP contribution in [0.2, 0.25) is 0 Å². The molecule has 1 amide bonds. The highest BCUT2D eigenvalue weighted by Gasteiger charge is 2.33. The Kier molecular flexibility index (Phi) is 6.97. The fraction of sp³-hybridized carbons (Fsp3) is 0.333. The molecule has 1 atom stereocenters. The zero-order chi connectivity index (χ0) is 22.4. The molecule has 0 aliphatic carbocycles.